The molecule has 0 spiro atoms. The van der Waals surface area contributed by atoms with Gasteiger partial charge in [0.15, 0.2) is 0 Å². The zero-order chi connectivity index (χ0) is 14.5. The number of aromatic nitrogens is 2. The van der Waals surface area contributed by atoms with E-state index in [1.54, 1.807) is 0 Å². The number of nitrogens with two attached hydrogens (primary N) is 1. The predicted molar refractivity (Wildman–Crippen MR) is 82.7 cm³/mol. The minimum atomic E-state index is 0.311. The first kappa shape index (κ1) is 15.5. The normalized spacial score (nSPS) is 19.6. The van der Waals surface area contributed by atoms with E-state index in [2.05, 4.69) is 41.9 Å². The topological polar surface area (TPSA) is 50.3 Å². The quantitative estimate of drug-likeness (QED) is 0.857. The summed E-state index contributed by atoms with van der Waals surface area (Å²) in [5, 5.41) is 4.45. The Morgan fingerprint density at radius 3 is 2.45 bits per heavy atom. The van der Waals surface area contributed by atoms with E-state index in [0.29, 0.717) is 18.6 Å². The molecular formula is C15H29N5. The highest BCUT2D eigenvalue weighted by Gasteiger charge is 2.24. The molecule has 20 heavy (non-hydrogen) atoms. The molecule has 1 atom stereocenters. The average molecular weight is 279 g/mol. The lowest BCUT2D eigenvalue weighted by molar-refractivity contribution is 0.0985. The van der Waals surface area contributed by atoms with Crippen molar-refractivity contribution in [3.63, 3.8) is 0 Å². The summed E-state index contributed by atoms with van der Waals surface area (Å²) in [4.78, 5) is 5.05. The summed E-state index contributed by atoms with van der Waals surface area (Å²) in [5.41, 5.74) is 7.28. The Morgan fingerprint density at radius 1 is 1.25 bits per heavy atom. The third-order valence-corrected chi connectivity index (χ3v) is 4.15. The van der Waals surface area contributed by atoms with Crippen LogP contribution in [0.1, 0.15) is 44.8 Å². The molecule has 1 saturated heterocycles. The number of hydrogen-bond donors (Lipinski definition) is 1. The zero-order valence-corrected chi connectivity index (χ0v) is 13.1. The van der Waals surface area contributed by atoms with Crippen molar-refractivity contribution in [3.8, 4) is 0 Å². The van der Waals surface area contributed by atoms with E-state index in [1.165, 1.54) is 18.5 Å². The highest BCUT2D eigenvalue weighted by atomic mass is 15.3. The maximum Gasteiger partial charge on any atom is 0.0538 e. The average Bonchev–Trinajstić information content (AvgIpc) is 2.92. The van der Waals surface area contributed by atoms with Crippen LogP contribution in [0, 0.1) is 0 Å². The van der Waals surface area contributed by atoms with Crippen LogP contribution in [0.4, 0.5) is 0 Å². The highest BCUT2D eigenvalue weighted by Crippen LogP contribution is 2.21. The van der Waals surface area contributed by atoms with Crippen molar-refractivity contribution in [2.24, 2.45) is 5.73 Å². The molecule has 2 N–H and O–H groups in total. The Labute approximate surface area is 122 Å². The summed E-state index contributed by atoms with van der Waals surface area (Å²) in [7, 11) is 0. The number of piperazine rings is 1. The van der Waals surface area contributed by atoms with Gasteiger partial charge in [-0.25, -0.2) is 0 Å². The molecule has 1 aliphatic rings. The van der Waals surface area contributed by atoms with Gasteiger partial charge in [0, 0.05) is 50.5 Å². The Morgan fingerprint density at radius 2 is 1.95 bits per heavy atom. The predicted octanol–water partition coefficient (Wildman–Crippen LogP) is 1.49. The molecule has 1 fully saturated rings. The van der Waals surface area contributed by atoms with Crippen molar-refractivity contribution in [2.75, 3.05) is 39.3 Å². The van der Waals surface area contributed by atoms with Gasteiger partial charge in [-0.05, 0) is 26.8 Å². The van der Waals surface area contributed by atoms with Gasteiger partial charge in [-0.1, -0.05) is 6.92 Å². The summed E-state index contributed by atoms with van der Waals surface area (Å²) in [6.07, 6.45) is 5.37. The molecular weight excluding hydrogens is 250 g/mol. The van der Waals surface area contributed by atoms with E-state index in [1.807, 2.05) is 10.9 Å². The van der Waals surface area contributed by atoms with Crippen molar-refractivity contribution in [1.29, 1.82) is 0 Å². The molecule has 0 radical (unpaired) electrons. The molecule has 0 aromatic carbocycles. The third-order valence-electron chi connectivity index (χ3n) is 4.15. The lowest BCUT2D eigenvalue weighted by Crippen LogP contribution is -2.49. The van der Waals surface area contributed by atoms with Gasteiger partial charge in [-0.3, -0.25) is 9.58 Å². The van der Waals surface area contributed by atoms with Gasteiger partial charge < -0.3 is 10.6 Å². The van der Waals surface area contributed by atoms with Crippen molar-refractivity contribution in [2.45, 2.75) is 39.3 Å². The smallest absolute Gasteiger partial charge is 0.0538 e. The fraction of sp³-hybridized carbons (Fsp3) is 0.800. The molecule has 2 rings (SSSR count). The molecule has 114 valence electrons. The molecule has 0 amide bonds. The first-order valence-corrected chi connectivity index (χ1v) is 7.86. The van der Waals surface area contributed by atoms with E-state index in [4.69, 9.17) is 5.73 Å². The van der Waals surface area contributed by atoms with Gasteiger partial charge in [-0.15, -0.1) is 0 Å². The standard InChI is InChI=1S/C15H29N5/c1-4-5-18-6-8-19(9-7-18)15(10-16)14-11-17-20(12-14)13(2)3/h11-13,15H,4-10,16H2,1-3H3. The fourth-order valence-electron chi connectivity index (χ4n) is 2.92. The first-order valence-electron chi connectivity index (χ1n) is 7.86. The van der Waals surface area contributed by atoms with Gasteiger partial charge in [-0.2, -0.15) is 5.10 Å². The Kier molecular flexibility index (Phi) is 5.57. The number of hydrogen-bond acceptors (Lipinski definition) is 4. The third kappa shape index (κ3) is 3.59. The van der Waals surface area contributed by atoms with Gasteiger partial charge in [0.05, 0.1) is 12.2 Å². The molecule has 1 aliphatic heterocycles. The van der Waals surface area contributed by atoms with E-state index < -0.39 is 0 Å². The lowest BCUT2D eigenvalue weighted by Gasteiger charge is -2.38. The minimum absolute atomic E-state index is 0.311. The van der Waals surface area contributed by atoms with Gasteiger partial charge in [0.2, 0.25) is 0 Å². The van der Waals surface area contributed by atoms with Crippen LogP contribution in [0.2, 0.25) is 0 Å². The maximum atomic E-state index is 6.02. The van der Waals surface area contributed by atoms with Gasteiger partial charge >= 0.3 is 0 Å². The molecule has 5 heteroatoms. The second-order valence-electron chi connectivity index (χ2n) is 5.98. The molecule has 2 heterocycles. The molecule has 1 unspecified atom stereocenters. The van der Waals surface area contributed by atoms with Crippen LogP contribution in [0.5, 0.6) is 0 Å². The number of rotatable bonds is 6. The van der Waals surface area contributed by atoms with Crippen LogP contribution in [0.25, 0.3) is 0 Å². The molecule has 0 bridgehead atoms. The van der Waals surface area contributed by atoms with Crippen LogP contribution < -0.4 is 5.73 Å². The second-order valence-corrected chi connectivity index (χ2v) is 5.98. The highest BCUT2D eigenvalue weighted by molar-refractivity contribution is 5.12. The van der Waals surface area contributed by atoms with Crippen LogP contribution in [-0.2, 0) is 0 Å². The summed E-state index contributed by atoms with van der Waals surface area (Å²) in [6.45, 7) is 12.9. The summed E-state index contributed by atoms with van der Waals surface area (Å²) >= 11 is 0. The van der Waals surface area contributed by atoms with E-state index >= 15 is 0 Å². The molecule has 0 aliphatic carbocycles. The molecule has 5 nitrogen and oxygen atoms in total. The van der Waals surface area contributed by atoms with E-state index in [0.717, 1.165) is 26.2 Å². The van der Waals surface area contributed by atoms with Crippen LogP contribution in [0.3, 0.4) is 0 Å². The Bertz CT molecular complexity index is 393. The van der Waals surface area contributed by atoms with E-state index in [9.17, 15) is 0 Å². The first-order chi connectivity index (χ1) is 9.65. The zero-order valence-electron chi connectivity index (χ0n) is 13.1. The minimum Gasteiger partial charge on any atom is -0.329 e. The van der Waals surface area contributed by atoms with Gasteiger partial charge in [0.25, 0.3) is 0 Å². The SMILES string of the molecule is CCCN1CCN(C(CN)c2cnn(C(C)C)c2)CC1. The van der Waals surface area contributed by atoms with Crippen LogP contribution >= 0.6 is 0 Å². The molecule has 1 aromatic heterocycles. The molecule has 0 saturated carbocycles. The lowest BCUT2D eigenvalue weighted by atomic mass is 10.1. The second kappa shape index (κ2) is 7.20. The fourth-order valence-corrected chi connectivity index (χ4v) is 2.92. The summed E-state index contributed by atoms with van der Waals surface area (Å²) in [6, 6.07) is 0.717. The van der Waals surface area contributed by atoms with Crippen molar-refractivity contribution < 1.29 is 0 Å². The van der Waals surface area contributed by atoms with Crippen molar-refractivity contribution >= 4 is 0 Å². The molecule has 1 aromatic rings. The van der Waals surface area contributed by atoms with E-state index in [-0.39, 0.29) is 0 Å². The van der Waals surface area contributed by atoms with Crippen molar-refractivity contribution in [1.82, 2.24) is 19.6 Å². The number of nitrogens with zero attached hydrogens (tertiary/aromatic N) is 4. The maximum absolute atomic E-state index is 6.02. The Hall–Kier alpha value is -0.910. The van der Waals surface area contributed by atoms with Crippen LogP contribution in [0.15, 0.2) is 12.4 Å². The van der Waals surface area contributed by atoms with Gasteiger partial charge in [0.1, 0.15) is 0 Å². The van der Waals surface area contributed by atoms with Crippen LogP contribution in [-0.4, -0.2) is 58.8 Å². The summed E-state index contributed by atoms with van der Waals surface area (Å²) in [5.74, 6) is 0. The summed E-state index contributed by atoms with van der Waals surface area (Å²) < 4.78 is 2.02. The Balaban J connectivity index is 1.98. The monoisotopic (exact) mass is 279 g/mol. The largest absolute Gasteiger partial charge is 0.329 e. The van der Waals surface area contributed by atoms with Crippen molar-refractivity contribution in [3.05, 3.63) is 18.0 Å².